The zero-order valence-electron chi connectivity index (χ0n) is 14.8. The van der Waals surface area contributed by atoms with E-state index in [2.05, 4.69) is 17.1 Å². The van der Waals surface area contributed by atoms with E-state index in [4.69, 9.17) is 9.47 Å². The lowest BCUT2D eigenvalue weighted by atomic mass is 10.2. The number of carbonyl (C=O) groups is 1. The van der Waals surface area contributed by atoms with Crippen LogP contribution in [0.2, 0.25) is 0 Å². The summed E-state index contributed by atoms with van der Waals surface area (Å²) in [5, 5.41) is 2.93. The quantitative estimate of drug-likeness (QED) is 0.667. The van der Waals surface area contributed by atoms with Crippen molar-refractivity contribution in [1.82, 2.24) is 4.90 Å². The number of benzene rings is 1. The third-order valence-corrected chi connectivity index (χ3v) is 4.13. The third kappa shape index (κ3) is 7.32. The average molecular weight is 334 g/mol. The number of anilines is 1. The molecule has 1 aromatic rings. The fourth-order valence-electron chi connectivity index (χ4n) is 2.69. The van der Waals surface area contributed by atoms with Gasteiger partial charge in [0.2, 0.25) is 5.91 Å². The van der Waals surface area contributed by atoms with Gasteiger partial charge in [-0.05, 0) is 30.7 Å². The highest BCUT2D eigenvalue weighted by molar-refractivity contribution is 5.92. The molecule has 1 heterocycles. The predicted molar refractivity (Wildman–Crippen MR) is 96.6 cm³/mol. The van der Waals surface area contributed by atoms with E-state index in [-0.39, 0.29) is 5.91 Å². The topological polar surface area (TPSA) is 50.8 Å². The van der Waals surface area contributed by atoms with Gasteiger partial charge in [-0.25, -0.2) is 0 Å². The minimum Gasteiger partial charge on any atom is -0.494 e. The molecule has 0 aliphatic carbocycles. The third-order valence-electron chi connectivity index (χ3n) is 4.13. The van der Waals surface area contributed by atoms with Gasteiger partial charge in [0.1, 0.15) is 5.75 Å². The first-order valence-corrected chi connectivity index (χ1v) is 9.10. The van der Waals surface area contributed by atoms with Gasteiger partial charge in [0.05, 0.1) is 26.4 Å². The molecule has 1 fully saturated rings. The number of unbranched alkanes of at least 4 members (excludes halogenated alkanes) is 4. The number of nitrogens with zero attached hydrogens (tertiary/aromatic N) is 1. The lowest BCUT2D eigenvalue weighted by Crippen LogP contribution is -2.41. The first-order valence-electron chi connectivity index (χ1n) is 9.10. The number of hydrogen-bond donors (Lipinski definition) is 1. The highest BCUT2D eigenvalue weighted by atomic mass is 16.5. The molecule has 0 atom stereocenters. The number of morpholine rings is 1. The number of rotatable bonds is 10. The van der Waals surface area contributed by atoms with E-state index in [0.717, 1.165) is 37.6 Å². The maximum absolute atomic E-state index is 12.0. The maximum atomic E-state index is 12.0. The van der Waals surface area contributed by atoms with E-state index >= 15 is 0 Å². The van der Waals surface area contributed by atoms with Crippen LogP contribution >= 0.6 is 0 Å². The number of nitrogens with one attached hydrogen (secondary N) is 1. The van der Waals surface area contributed by atoms with Gasteiger partial charge >= 0.3 is 0 Å². The van der Waals surface area contributed by atoms with Gasteiger partial charge in [-0.2, -0.15) is 0 Å². The van der Waals surface area contributed by atoms with Crippen LogP contribution in [-0.4, -0.2) is 50.3 Å². The SMILES string of the molecule is CCCCCCCOc1ccc(NC(=O)CN2CCOCC2)cc1. The van der Waals surface area contributed by atoms with E-state index in [1.807, 2.05) is 24.3 Å². The predicted octanol–water partition coefficient (Wildman–Crippen LogP) is 3.31. The van der Waals surface area contributed by atoms with Crippen molar-refractivity contribution in [2.75, 3.05) is 44.8 Å². The average Bonchev–Trinajstić information content (AvgIpc) is 2.60. The molecule has 0 bridgehead atoms. The van der Waals surface area contributed by atoms with Crippen LogP contribution in [0.4, 0.5) is 5.69 Å². The zero-order chi connectivity index (χ0) is 17.0. The summed E-state index contributed by atoms with van der Waals surface area (Å²) in [5.41, 5.74) is 0.809. The summed E-state index contributed by atoms with van der Waals surface area (Å²) in [4.78, 5) is 14.1. The summed E-state index contributed by atoms with van der Waals surface area (Å²) in [6.07, 6.45) is 6.17. The molecule has 2 rings (SSSR count). The van der Waals surface area contributed by atoms with Gasteiger partial charge in [-0.1, -0.05) is 32.6 Å². The van der Waals surface area contributed by atoms with Crippen molar-refractivity contribution in [2.24, 2.45) is 0 Å². The highest BCUT2D eigenvalue weighted by Crippen LogP contribution is 2.16. The minimum absolute atomic E-state index is 0.0153. The number of carbonyl (C=O) groups excluding carboxylic acids is 1. The fourth-order valence-corrected chi connectivity index (χ4v) is 2.69. The summed E-state index contributed by atoms with van der Waals surface area (Å²) in [7, 11) is 0. The molecule has 1 saturated heterocycles. The Bertz CT molecular complexity index is 470. The van der Waals surface area contributed by atoms with Crippen LogP contribution in [0.15, 0.2) is 24.3 Å². The Hall–Kier alpha value is -1.59. The van der Waals surface area contributed by atoms with Gasteiger partial charge in [0.25, 0.3) is 0 Å². The van der Waals surface area contributed by atoms with E-state index < -0.39 is 0 Å². The molecule has 0 radical (unpaired) electrons. The second kappa shape index (κ2) is 11.0. The second-order valence-electron chi connectivity index (χ2n) is 6.22. The molecule has 1 amide bonds. The molecule has 1 aromatic carbocycles. The molecule has 0 unspecified atom stereocenters. The van der Waals surface area contributed by atoms with Crippen LogP contribution in [0.25, 0.3) is 0 Å². The van der Waals surface area contributed by atoms with Crippen molar-refractivity contribution in [3.63, 3.8) is 0 Å². The van der Waals surface area contributed by atoms with Crippen LogP contribution in [0.3, 0.4) is 0 Å². The monoisotopic (exact) mass is 334 g/mol. The lowest BCUT2D eigenvalue weighted by Gasteiger charge is -2.25. The molecule has 134 valence electrons. The summed E-state index contributed by atoms with van der Waals surface area (Å²) >= 11 is 0. The normalized spacial score (nSPS) is 15.2. The Kier molecular flexibility index (Phi) is 8.63. The van der Waals surface area contributed by atoms with E-state index in [0.29, 0.717) is 19.8 Å². The standard InChI is InChI=1S/C19H30N2O3/c1-2-3-4-5-6-13-24-18-9-7-17(8-10-18)20-19(22)16-21-11-14-23-15-12-21/h7-10H,2-6,11-16H2,1H3,(H,20,22). The van der Waals surface area contributed by atoms with Crippen LogP contribution in [0, 0.1) is 0 Å². The molecule has 1 aliphatic rings. The largest absolute Gasteiger partial charge is 0.494 e. The first kappa shape index (κ1) is 18.7. The van der Waals surface area contributed by atoms with Crippen LogP contribution in [0.5, 0.6) is 5.75 Å². The van der Waals surface area contributed by atoms with Gasteiger partial charge in [-0.15, -0.1) is 0 Å². The smallest absolute Gasteiger partial charge is 0.238 e. The molecular formula is C19H30N2O3. The number of amides is 1. The number of ether oxygens (including phenoxy) is 2. The Balaban J connectivity index is 1.64. The van der Waals surface area contributed by atoms with Crippen molar-refractivity contribution in [1.29, 1.82) is 0 Å². The van der Waals surface area contributed by atoms with Gasteiger partial charge < -0.3 is 14.8 Å². The van der Waals surface area contributed by atoms with Crippen molar-refractivity contribution in [3.05, 3.63) is 24.3 Å². The Labute approximate surface area is 145 Å². The Morgan fingerprint density at radius 1 is 1.12 bits per heavy atom. The molecule has 1 aliphatic heterocycles. The summed E-state index contributed by atoms with van der Waals surface area (Å²) in [5.74, 6) is 0.873. The van der Waals surface area contributed by atoms with Crippen molar-refractivity contribution in [2.45, 2.75) is 39.0 Å². The minimum atomic E-state index is 0.0153. The molecule has 24 heavy (non-hydrogen) atoms. The van der Waals surface area contributed by atoms with E-state index in [9.17, 15) is 4.79 Å². The Morgan fingerprint density at radius 3 is 2.54 bits per heavy atom. The van der Waals surface area contributed by atoms with Crippen LogP contribution in [0.1, 0.15) is 39.0 Å². The Morgan fingerprint density at radius 2 is 1.83 bits per heavy atom. The van der Waals surface area contributed by atoms with Crippen LogP contribution < -0.4 is 10.1 Å². The molecule has 1 N–H and O–H groups in total. The number of hydrogen-bond acceptors (Lipinski definition) is 4. The van der Waals surface area contributed by atoms with E-state index in [1.165, 1.54) is 25.7 Å². The molecule has 5 heteroatoms. The zero-order valence-corrected chi connectivity index (χ0v) is 14.8. The maximum Gasteiger partial charge on any atom is 0.238 e. The summed E-state index contributed by atoms with van der Waals surface area (Å²) in [6, 6.07) is 7.61. The highest BCUT2D eigenvalue weighted by Gasteiger charge is 2.14. The summed E-state index contributed by atoms with van der Waals surface area (Å²) < 4.78 is 11.0. The molecule has 0 saturated carbocycles. The van der Waals surface area contributed by atoms with Crippen molar-refractivity contribution < 1.29 is 14.3 Å². The van der Waals surface area contributed by atoms with Gasteiger partial charge in [-0.3, -0.25) is 9.69 Å². The van der Waals surface area contributed by atoms with Crippen LogP contribution in [-0.2, 0) is 9.53 Å². The summed E-state index contributed by atoms with van der Waals surface area (Å²) in [6.45, 7) is 6.44. The molecular weight excluding hydrogens is 304 g/mol. The van der Waals surface area contributed by atoms with Gasteiger partial charge in [0.15, 0.2) is 0 Å². The lowest BCUT2D eigenvalue weighted by molar-refractivity contribution is -0.118. The second-order valence-corrected chi connectivity index (χ2v) is 6.22. The van der Waals surface area contributed by atoms with Gasteiger partial charge in [0, 0.05) is 18.8 Å². The first-order chi connectivity index (χ1) is 11.8. The fraction of sp³-hybridized carbons (Fsp3) is 0.632. The molecule has 0 aromatic heterocycles. The van der Waals surface area contributed by atoms with Crippen molar-refractivity contribution in [3.8, 4) is 5.75 Å². The van der Waals surface area contributed by atoms with Crippen molar-refractivity contribution >= 4 is 11.6 Å². The van der Waals surface area contributed by atoms with E-state index in [1.54, 1.807) is 0 Å². The molecule has 0 spiro atoms. The molecule has 5 nitrogen and oxygen atoms in total.